The first-order valence-corrected chi connectivity index (χ1v) is 6.60. The van der Waals surface area contributed by atoms with Crippen molar-refractivity contribution < 1.29 is 0 Å². The van der Waals surface area contributed by atoms with Crippen molar-refractivity contribution >= 4 is 22.1 Å². The van der Waals surface area contributed by atoms with Crippen molar-refractivity contribution in [1.82, 2.24) is 5.01 Å². The van der Waals surface area contributed by atoms with Gasteiger partial charge in [-0.1, -0.05) is 28.1 Å². The smallest absolute Gasteiger partial charge is 0.0543 e. The van der Waals surface area contributed by atoms with Crippen LogP contribution in [0, 0.1) is 6.92 Å². The van der Waals surface area contributed by atoms with E-state index in [4.69, 9.17) is 0 Å². The predicted octanol–water partition coefficient (Wildman–Crippen LogP) is 3.58. The lowest BCUT2D eigenvalue weighted by molar-refractivity contribution is 0.240. The van der Waals surface area contributed by atoms with Gasteiger partial charge in [-0.2, -0.15) is 5.10 Å². The number of piperidine rings is 1. The van der Waals surface area contributed by atoms with Gasteiger partial charge < -0.3 is 0 Å². The third-order valence-electron chi connectivity index (χ3n) is 2.90. The minimum absolute atomic E-state index is 1.10. The molecule has 0 unspecified atom stereocenters. The Balaban J connectivity index is 2.02. The van der Waals surface area contributed by atoms with E-state index >= 15 is 0 Å². The minimum atomic E-state index is 1.10. The van der Waals surface area contributed by atoms with E-state index in [1.807, 2.05) is 6.21 Å². The highest BCUT2D eigenvalue weighted by Crippen LogP contribution is 2.16. The van der Waals surface area contributed by atoms with Crippen LogP contribution in [0.4, 0.5) is 0 Å². The van der Waals surface area contributed by atoms with Gasteiger partial charge in [0, 0.05) is 17.6 Å². The highest BCUT2D eigenvalue weighted by molar-refractivity contribution is 9.10. The number of benzene rings is 1. The third kappa shape index (κ3) is 3.08. The molecular weight excluding hydrogens is 264 g/mol. The first-order valence-electron chi connectivity index (χ1n) is 5.81. The van der Waals surface area contributed by atoms with E-state index in [0.29, 0.717) is 0 Å². The van der Waals surface area contributed by atoms with Crippen LogP contribution in [0.15, 0.2) is 27.8 Å². The zero-order valence-corrected chi connectivity index (χ0v) is 11.2. The molecule has 2 rings (SSSR count). The molecule has 1 heterocycles. The second-order valence-corrected chi connectivity index (χ2v) is 5.12. The van der Waals surface area contributed by atoms with Gasteiger partial charge in [-0.3, -0.25) is 5.01 Å². The summed E-state index contributed by atoms with van der Waals surface area (Å²) in [6.07, 6.45) is 5.85. The molecule has 1 aromatic carbocycles. The Kier molecular flexibility index (Phi) is 3.99. The van der Waals surface area contributed by atoms with E-state index in [1.165, 1.54) is 24.8 Å². The molecule has 1 fully saturated rings. The average molecular weight is 281 g/mol. The van der Waals surface area contributed by atoms with E-state index in [-0.39, 0.29) is 0 Å². The number of rotatable bonds is 2. The number of aryl methyl sites for hydroxylation is 1. The molecule has 3 heteroatoms. The van der Waals surface area contributed by atoms with Crippen LogP contribution in [0.1, 0.15) is 30.4 Å². The average Bonchev–Trinajstić information content (AvgIpc) is 2.32. The Morgan fingerprint density at radius 2 is 2.00 bits per heavy atom. The molecular formula is C13H17BrN2. The summed E-state index contributed by atoms with van der Waals surface area (Å²) in [7, 11) is 0. The molecule has 2 nitrogen and oxygen atoms in total. The summed E-state index contributed by atoms with van der Waals surface area (Å²) in [5.41, 5.74) is 2.41. The standard InChI is InChI=1S/C13H17BrN2/c1-11-5-6-12(9-13(11)14)10-15-16-7-3-2-4-8-16/h5-6,9-10H,2-4,7-8H2,1H3/b15-10+. The van der Waals surface area contributed by atoms with Gasteiger partial charge >= 0.3 is 0 Å². The van der Waals surface area contributed by atoms with Crippen molar-refractivity contribution in [3.8, 4) is 0 Å². The molecule has 0 bridgehead atoms. The molecule has 0 aliphatic carbocycles. The maximum Gasteiger partial charge on any atom is 0.0543 e. The molecule has 0 radical (unpaired) electrons. The maximum atomic E-state index is 4.51. The zero-order valence-electron chi connectivity index (χ0n) is 9.62. The molecule has 1 aliphatic heterocycles. The van der Waals surface area contributed by atoms with Gasteiger partial charge in [0.25, 0.3) is 0 Å². The van der Waals surface area contributed by atoms with Gasteiger partial charge in [0.1, 0.15) is 0 Å². The van der Waals surface area contributed by atoms with Crippen LogP contribution in [-0.4, -0.2) is 24.3 Å². The molecule has 0 aromatic heterocycles. The van der Waals surface area contributed by atoms with Crippen LogP contribution in [0.25, 0.3) is 0 Å². The Morgan fingerprint density at radius 1 is 1.25 bits per heavy atom. The van der Waals surface area contributed by atoms with Gasteiger partial charge in [-0.15, -0.1) is 0 Å². The minimum Gasteiger partial charge on any atom is -0.297 e. The van der Waals surface area contributed by atoms with Gasteiger partial charge in [0.15, 0.2) is 0 Å². The van der Waals surface area contributed by atoms with E-state index in [1.54, 1.807) is 0 Å². The molecule has 1 saturated heterocycles. The summed E-state index contributed by atoms with van der Waals surface area (Å²) in [5.74, 6) is 0. The van der Waals surface area contributed by atoms with Gasteiger partial charge in [-0.05, 0) is 43.4 Å². The summed E-state index contributed by atoms with van der Waals surface area (Å²) in [5, 5.41) is 6.68. The fraction of sp³-hybridized carbons (Fsp3) is 0.462. The van der Waals surface area contributed by atoms with E-state index < -0.39 is 0 Å². The summed E-state index contributed by atoms with van der Waals surface area (Å²) in [6.45, 7) is 4.29. The first kappa shape index (κ1) is 11.6. The molecule has 1 aliphatic rings. The summed E-state index contributed by atoms with van der Waals surface area (Å²) in [6, 6.07) is 6.33. The first-order chi connectivity index (χ1) is 7.75. The molecule has 0 spiro atoms. The van der Waals surface area contributed by atoms with Crippen LogP contribution < -0.4 is 0 Å². The van der Waals surface area contributed by atoms with Crippen molar-refractivity contribution in [1.29, 1.82) is 0 Å². The van der Waals surface area contributed by atoms with Crippen LogP contribution >= 0.6 is 15.9 Å². The number of nitrogens with zero attached hydrogens (tertiary/aromatic N) is 2. The van der Waals surface area contributed by atoms with E-state index in [9.17, 15) is 0 Å². The largest absolute Gasteiger partial charge is 0.297 e. The Morgan fingerprint density at radius 3 is 2.69 bits per heavy atom. The second kappa shape index (κ2) is 5.48. The summed E-state index contributed by atoms with van der Waals surface area (Å²) in [4.78, 5) is 0. The number of hydrogen-bond donors (Lipinski definition) is 0. The molecule has 0 atom stereocenters. The lowest BCUT2D eigenvalue weighted by Gasteiger charge is -2.23. The lowest BCUT2D eigenvalue weighted by Crippen LogP contribution is -2.24. The highest BCUT2D eigenvalue weighted by Gasteiger charge is 2.06. The van der Waals surface area contributed by atoms with Crippen molar-refractivity contribution in [3.05, 3.63) is 33.8 Å². The summed E-state index contributed by atoms with van der Waals surface area (Å²) < 4.78 is 1.15. The monoisotopic (exact) mass is 280 g/mol. The second-order valence-electron chi connectivity index (χ2n) is 4.27. The fourth-order valence-electron chi connectivity index (χ4n) is 1.83. The van der Waals surface area contributed by atoms with E-state index in [0.717, 1.165) is 23.1 Å². The van der Waals surface area contributed by atoms with Crippen LogP contribution in [0.5, 0.6) is 0 Å². The van der Waals surface area contributed by atoms with Crippen molar-refractivity contribution in [3.63, 3.8) is 0 Å². The van der Waals surface area contributed by atoms with Crippen molar-refractivity contribution in [2.75, 3.05) is 13.1 Å². The van der Waals surface area contributed by atoms with Crippen LogP contribution in [-0.2, 0) is 0 Å². The van der Waals surface area contributed by atoms with Crippen LogP contribution in [0.2, 0.25) is 0 Å². The SMILES string of the molecule is Cc1ccc(/C=N/N2CCCCC2)cc1Br. The molecule has 1 aromatic rings. The third-order valence-corrected chi connectivity index (χ3v) is 3.75. The fourth-order valence-corrected chi connectivity index (χ4v) is 2.23. The quantitative estimate of drug-likeness (QED) is 0.756. The highest BCUT2D eigenvalue weighted by atomic mass is 79.9. The van der Waals surface area contributed by atoms with Gasteiger partial charge in [0.05, 0.1) is 6.21 Å². The lowest BCUT2D eigenvalue weighted by atomic mass is 10.1. The van der Waals surface area contributed by atoms with Crippen molar-refractivity contribution in [2.24, 2.45) is 5.10 Å². The topological polar surface area (TPSA) is 15.6 Å². The molecule has 0 saturated carbocycles. The van der Waals surface area contributed by atoms with E-state index in [2.05, 4.69) is 51.2 Å². The number of halogens is 1. The van der Waals surface area contributed by atoms with Gasteiger partial charge in [0.2, 0.25) is 0 Å². The Labute approximate surface area is 105 Å². The summed E-state index contributed by atoms with van der Waals surface area (Å²) >= 11 is 3.54. The maximum absolute atomic E-state index is 4.51. The zero-order chi connectivity index (χ0) is 11.4. The Hall–Kier alpha value is -0.830. The molecule has 86 valence electrons. The Bertz CT molecular complexity index is 382. The molecule has 0 N–H and O–H groups in total. The van der Waals surface area contributed by atoms with Crippen molar-refractivity contribution in [2.45, 2.75) is 26.2 Å². The van der Waals surface area contributed by atoms with Crippen LogP contribution in [0.3, 0.4) is 0 Å². The normalized spacial score (nSPS) is 17.0. The number of hydrogen-bond acceptors (Lipinski definition) is 2. The molecule has 16 heavy (non-hydrogen) atoms. The van der Waals surface area contributed by atoms with Gasteiger partial charge in [-0.25, -0.2) is 0 Å². The molecule has 0 amide bonds. The number of hydrazone groups is 1. The predicted molar refractivity (Wildman–Crippen MR) is 71.9 cm³/mol.